The summed E-state index contributed by atoms with van der Waals surface area (Å²) >= 11 is 1.76. The fourth-order valence-corrected chi connectivity index (χ4v) is 3.13. The second kappa shape index (κ2) is 5.02. The molecule has 0 spiro atoms. The van der Waals surface area contributed by atoms with Crippen LogP contribution in [0.4, 0.5) is 5.69 Å². The van der Waals surface area contributed by atoms with Crippen molar-refractivity contribution in [1.82, 2.24) is 4.98 Å². The molecule has 2 aromatic rings. The van der Waals surface area contributed by atoms with E-state index in [0.29, 0.717) is 0 Å². The second-order valence-electron chi connectivity index (χ2n) is 4.68. The van der Waals surface area contributed by atoms with Crippen LogP contribution in [0.15, 0.2) is 41.6 Å². The first-order chi connectivity index (χ1) is 8.81. The van der Waals surface area contributed by atoms with Gasteiger partial charge in [0.15, 0.2) is 0 Å². The molecule has 18 heavy (non-hydrogen) atoms. The van der Waals surface area contributed by atoms with Gasteiger partial charge in [-0.25, -0.2) is 4.98 Å². The minimum atomic E-state index is 0.719. The molecule has 1 heterocycles. The number of pyridine rings is 1. The predicted octanol–water partition coefficient (Wildman–Crippen LogP) is 3.44. The maximum absolute atomic E-state index is 5.62. The quantitative estimate of drug-likeness (QED) is 0.855. The van der Waals surface area contributed by atoms with Gasteiger partial charge in [0, 0.05) is 5.75 Å². The number of nitrogens with two attached hydrogens (primary N) is 1. The Bertz CT molecular complexity index is 549. The van der Waals surface area contributed by atoms with Gasteiger partial charge in [-0.15, -0.1) is 11.8 Å². The summed E-state index contributed by atoms with van der Waals surface area (Å²) in [5.41, 5.74) is 10.8. The molecule has 92 valence electrons. The lowest BCUT2D eigenvalue weighted by Gasteiger charge is -2.05. The van der Waals surface area contributed by atoms with Gasteiger partial charge in [0.25, 0.3) is 0 Å². The fourth-order valence-electron chi connectivity index (χ4n) is 2.35. The maximum Gasteiger partial charge on any atom is 0.0964 e. The molecule has 0 fully saturated rings. The fraction of sp³-hybridized carbons (Fsp3) is 0.267. The minimum absolute atomic E-state index is 0.719. The van der Waals surface area contributed by atoms with E-state index in [-0.39, 0.29) is 0 Å². The third-order valence-corrected chi connectivity index (χ3v) is 4.32. The number of hydrogen-bond acceptors (Lipinski definition) is 3. The monoisotopic (exact) mass is 256 g/mol. The third-order valence-electron chi connectivity index (χ3n) is 3.31. The van der Waals surface area contributed by atoms with Crippen molar-refractivity contribution < 1.29 is 0 Å². The molecule has 0 unspecified atom stereocenters. The number of fused-ring (bicyclic) bond motifs is 1. The lowest BCUT2D eigenvalue weighted by Crippen LogP contribution is -1.89. The zero-order valence-corrected chi connectivity index (χ0v) is 11.0. The van der Waals surface area contributed by atoms with E-state index >= 15 is 0 Å². The highest BCUT2D eigenvalue weighted by Crippen LogP contribution is 2.26. The molecule has 2 N–H and O–H groups in total. The smallest absolute Gasteiger partial charge is 0.0964 e. The van der Waals surface area contributed by atoms with Gasteiger partial charge in [-0.1, -0.05) is 18.2 Å². The summed E-state index contributed by atoms with van der Waals surface area (Å²) in [4.78, 5) is 4.30. The normalized spacial score (nSPS) is 13.6. The SMILES string of the molecule is Nc1ccc(SCc2ccc3c(c2)CCC3)nc1. The van der Waals surface area contributed by atoms with Crippen molar-refractivity contribution in [3.8, 4) is 0 Å². The van der Waals surface area contributed by atoms with E-state index in [2.05, 4.69) is 23.2 Å². The molecular formula is C15H16N2S. The molecule has 1 aromatic carbocycles. The van der Waals surface area contributed by atoms with E-state index in [1.165, 1.54) is 30.4 Å². The summed E-state index contributed by atoms with van der Waals surface area (Å²) in [5, 5.41) is 1.03. The van der Waals surface area contributed by atoms with Crippen molar-refractivity contribution in [1.29, 1.82) is 0 Å². The number of aryl methyl sites for hydroxylation is 2. The zero-order chi connectivity index (χ0) is 12.4. The van der Waals surface area contributed by atoms with Crippen LogP contribution in [0.1, 0.15) is 23.1 Å². The first-order valence-electron chi connectivity index (χ1n) is 6.26. The number of anilines is 1. The molecule has 3 heteroatoms. The van der Waals surface area contributed by atoms with Crippen LogP contribution in [-0.2, 0) is 18.6 Å². The third kappa shape index (κ3) is 2.51. The summed E-state index contributed by atoms with van der Waals surface area (Å²) in [6.07, 6.45) is 5.52. The Balaban J connectivity index is 1.68. The molecule has 0 saturated carbocycles. The van der Waals surface area contributed by atoms with E-state index in [1.807, 2.05) is 12.1 Å². The summed E-state index contributed by atoms with van der Waals surface area (Å²) < 4.78 is 0. The Labute approximate surface area is 112 Å². The van der Waals surface area contributed by atoms with Gasteiger partial charge in [-0.2, -0.15) is 0 Å². The lowest BCUT2D eigenvalue weighted by molar-refractivity contribution is 0.911. The summed E-state index contributed by atoms with van der Waals surface area (Å²) in [7, 11) is 0. The number of benzene rings is 1. The van der Waals surface area contributed by atoms with Gasteiger partial charge < -0.3 is 5.73 Å². The molecule has 0 aliphatic heterocycles. The summed E-state index contributed by atoms with van der Waals surface area (Å²) in [6.45, 7) is 0. The highest BCUT2D eigenvalue weighted by atomic mass is 32.2. The molecular weight excluding hydrogens is 240 g/mol. The molecule has 0 radical (unpaired) electrons. The molecule has 0 bridgehead atoms. The Hall–Kier alpha value is -1.48. The van der Waals surface area contributed by atoms with Crippen LogP contribution in [0.3, 0.4) is 0 Å². The van der Waals surface area contributed by atoms with Crippen LogP contribution < -0.4 is 5.73 Å². The average molecular weight is 256 g/mol. The molecule has 0 saturated heterocycles. The van der Waals surface area contributed by atoms with E-state index in [4.69, 9.17) is 5.73 Å². The first-order valence-corrected chi connectivity index (χ1v) is 7.25. The topological polar surface area (TPSA) is 38.9 Å². The van der Waals surface area contributed by atoms with E-state index < -0.39 is 0 Å². The number of thioether (sulfide) groups is 1. The minimum Gasteiger partial charge on any atom is -0.397 e. The van der Waals surface area contributed by atoms with Crippen LogP contribution in [-0.4, -0.2) is 4.98 Å². The Morgan fingerprint density at radius 3 is 2.83 bits per heavy atom. The number of hydrogen-bond donors (Lipinski definition) is 1. The van der Waals surface area contributed by atoms with Crippen LogP contribution in [0, 0.1) is 0 Å². The van der Waals surface area contributed by atoms with Crippen LogP contribution in [0.5, 0.6) is 0 Å². The predicted molar refractivity (Wildman–Crippen MR) is 76.7 cm³/mol. The van der Waals surface area contributed by atoms with Crippen molar-refractivity contribution in [2.45, 2.75) is 30.0 Å². The van der Waals surface area contributed by atoms with Crippen LogP contribution >= 0.6 is 11.8 Å². The van der Waals surface area contributed by atoms with Crippen molar-refractivity contribution >= 4 is 17.4 Å². The van der Waals surface area contributed by atoms with E-state index in [0.717, 1.165) is 16.5 Å². The lowest BCUT2D eigenvalue weighted by atomic mass is 10.1. The highest BCUT2D eigenvalue weighted by molar-refractivity contribution is 7.98. The number of nitrogens with zero attached hydrogens (tertiary/aromatic N) is 1. The maximum atomic E-state index is 5.62. The van der Waals surface area contributed by atoms with Crippen LogP contribution in [0.2, 0.25) is 0 Å². The van der Waals surface area contributed by atoms with Gasteiger partial charge >= 0.3 is 0 Å². The van der Waals surface area contributed by atoms with Gasteiger partial charge in [-0.05, 0) is 48.1 Å². The molecule has 1 aliphatic carbocycles. The molecule has 0 amide bonds. The largest absolute Gasteiger partial charge is 0.397 e. The molecule has 3 rings (SSSR count). The summed E-state index contributed by atoms with van der Waals surface area (Å²) in [6, 6.07) is 10.8. The first kappa shape index (κ1) is 11.6. The van der Waals surface area contributed by atoms with Crippen molar-refractivity contribution in [2.24, 2.45) is 0 Å². The van der Waals surface area contributed by atoms with Gasteiger partial charge in [0.05, 0.1) is 16.9 Å². The van der Waals surface area contributed by atoms with Crippen LogP contribution in [0.25, 0.3) is 0 Å². The van der Waals surface area contributed by atoms with Crippen molar-refractivity contribution in [3.05, 3.63) is 53.2 Å². The highest BCUT2D eigenvalue weighted by Gasteiger charge is 2.10. The van der Waals surface area contributed by atoms with Gasteiger partial charge in [0.1, 0.15) is 0 Å². The van der Waals surface area contributed by atoms with Gasteiger partial charge in [-0.3, -0.25) is 0 Å². The van der Waals surface area contributed by atoms with Crippen molar-refractivity contribution in [3.63, 3.8) is 0 Å². The molecule has 2 nitrogen and oxygen atoms in total. The van der Waals surface area contributed by atoms with Gasteiger partial charge in [0.2, 0.25) is 0 Å². The Kier molecular flexibility index (Phi) is 3.24. The average Bonchev–Trinajstić information content (AvgIpc) is 2.85. The van der Waals surface area contributed by atoms with E-state index in [9.17, 15) is 0 Å². The Morgan fingerprint density at radius 1 is 1.11 bits per heavy atom. The number of nitrogen functional groups attached to an aromatic ring is 1. The number of aromatic nitrogens is 1. The van der Waals surface area contributed by atoms with E-state index in [1.54, 1.807) is 23.5 Å². The Morgan fingerprint density at radius 2 is 2.00 bits per heavy atom. The number of rotatable bonds is 3. The molecule has 1 aliphatic rings. The zero-order valence-electron chi connectivity index (χ0n) is 10.2. The van der Waals surface area contributed by atoms with Crippen molar-refractivity contribution in [2.75, 3.05) is 5.73 Å². The second-order valence-corrected chi connectivity index (χ2v) is 5.67. The molecule has 0 atom stereocenters. The molecule has 1 aromatic heterocycles. The summed E-state index contributed by atoms with van der Waals surface area (Å²) in [5.74, 6) is 0.976. The standard InChI is InChI=1S/C15H16N2S/c16-14-6-7-15(17-9-14)18-10-11-4-5-12-2-1-3-13(12)8-11/h4-9H,1-3,10,16H2.